The van der Waals surface area contributed by atoms with Gasteiger partial charge in [0.1, 0.15) is 11.5 Å². The molecule has 0 radical (unpaired) electrons. The normalized spacial score (nSPS) is 15.3. The average Bonchev–Trinajstić information content (AvgIpc) is 3.28. The summed E-state index contributed by atoms with van der Waals surface area (Å²) in [6.07, 6.45) is 1.60. The summed E-state index contributed by atoms with van der Waals surface area (Å²) in [4.78, 5) is 25.6. The lowest BCUT2D eigenvalue weighted by molar-refractivity contribution is -0.113. The number of benzene rings is 2. The molecular formula is C21H11Cl2NO4S2. The second-order valence-corrected chi connectivity index (χ2v) is 8.71. The molecule has 2 heterocycles. The molecule has 1 aromatic heterocycles. The van der Waals surface area contributed by atoms with Crippen molar-refractivity contribution in [1.29, 1.82) is 0 Å². The SMILES string of the molecule is O=C(O)c1ccc(N2C(=O)C(=Cc3ccc(-c4cc(Cl)ccc4Cl)o3)SC2=S)cc1. The van der Waals surface area contributed by atoms with Gasteiger partial charge in [0, 0.05) is 16.7 Å². The summed E-state index contributed by atoms with van der Waals surface area (Å²) in [6.45, 7) is 0. The number of anilines is 1. The third-order valence-electron chi connectivity index (χ3n) is 4.26. The summed E-state index contributed by atoms with van der Waals surface area (Å²) >= 11 is 18.7. The third-order valence-corrected chi connectivity index (χ3v) is 6.13. The minimum absolute atomic E-state index is 0.127. The van der Waals surface area contributed by atoms with Crippen molar-refractivity contribution in [3.05, 3.63) is 80.9 Å². The fourth-order valence-corrected chi connectivity index (χ4v) is 4.50. The van der Waals surface area contributed by atoms with Gasteiger partial charge in [-0.2, -0.15) is 0 Å². The highest BCUT2D eigenvalue weighted by molar-refractivity contribution is 8.27. The number of thioether (sulfide) groups is 1. The number of carbonyl (C=O) groups excluding carboxylic acids is 1. The van der Waals surface area contributed by atoms with Crippen LogP contribution in [0.25, 0.3) is 17.4 Å². The molecule has 150 valence electrons. The Bertz CT molecular complexity index is 1220. The standard InChI is InChI=1S/C21H11Cl2NO4S2/c22-12-3-7-16(23)15(9-12)17-8-6-14(28-17)10-18-19(25)24(21(29)30-18)13-4-1-11(2-5-13)20(26)27/h1-10H,(H,26,27). The molecule has 0 aliphatic carbocycles. The lowest BCUT2D eigenvalue weighted by atomic mass is 10.2. The van der Waals surface area contributed by atoms with Crippen LogP contribution in [-0.4, -0.2) is 21.3 Å². The van der Waals surface area contributed by atoms with Crippen LogP contribution < -0.4 is 4.90 Å². The van der Waals surface area contributed by atoms with E-state index in [-0.39, 0.29) is 11.5 Å². The first-order valence-electron chi connectivity index (χ1n) is 8.50. The molecule has 4 rings (SSSR count). The van der Waals surface area contributed by atoms with Gasteiger partial charge in [-0.3, -0.25) is 9.69 Å². The quantitative estimate of drug-likeness (QED) is 0.349. The van der Waals surface area contributed by atoms with E-state index in [0.717, 1.165) is 11.8 Å². The number of halogens is 2. The largest absolute Gasteiger partial charge is 0.478 e. The first-order chi connectivity index (χ1) is 14.3. The molecule has 0 atom stereocenters. The molecule has 1 amide bonds. The molecule has 0 spiro atoms. The predicted molar refractivity (Wildman–Crippen MR) is 123 cm³/mol. The van der Waals surface area contributed by atoms with Crippen LogP contribution in [0.2, 0.25) is 10.0 Å². The summed E-state index contributed by atoms with van der Waals surface area (Å²) in [7, 11) is 0. The Morgan fingerprint density at radius 1 is 1.10 bits per heavy atom. The van der Waals surface area contributed by atoms with E-state index >= 15 is 0 Å². The van der Waals surface area contributed by atoms with Crippen LogP contribution >= 0.6 is 47.2 Å². The Hall–Kier alpha value is -2.58. The molecule has 1 N–H and O–H groups in total. The molecule has 0 saturated carbocycles. The van der Waals surface area contributed by atoms with Crippen molar-refractivity contribution < 1.29 is 19.1 Å². The number of carboxylic acids is 1. The zero-order chi connectivity index (χ0) is 21.4. The molecule has 3 aromatic rings. The minimum Gasteiger partial charge on any atom is -0.478 e. The summed E-state index contributed by atoms with van der Waals surface area (Å²) in [5, 5.41) is 10.0. The highest BCUT2D eigenvalue weighted by atomic mass is 35.5. The van der Waals surface area contributed by atoms with E-state index in [4.69, 9.17) is 44.9 Å². The zero-order valence-electron chi connectivity index (χ0n) is 15.0. The van der Waals surface area contributed by atoms with E-state index < -0.39 is 5.97 Å². The van der Waals surface area contributed by atoms with Gasteiger partial charge < -0.3 is 9.52 Å². The smallest absolute Gasteiger partial charge is 0.335 e. The first kappa shape index (κ1) is 20.7. The van der Waals surface area contributed by atoms with Gasteiger partial charge in [0.2, 0.25) is 0 Å². The Labute approximate surface area is 190 Å². The van der Waals surface area contributed by atoms with E-state index in [9.17, 15) is 9.59 Å². The lowest BCUT2D eigenvalue weighted by Crippen LogP contribution is -2.27. The molecule has 1 fully saturated rings. The number of nitrogens with zero attached hydrogens (tertiary/aromatic N) is 1. The monoisotopic (exact) mass is 475 g/mol. The van der Waals surface area contributed by atoms with Crippen LogP contribution in [0.15, 0.2) is 63.9 Å². The third kappa shape index (κ3) is 4.02. The molecular weight excluding hydrogens is 465 g/mol. The second kappa shape index (κ2) is 8.28. The maximum absolute atomic E-state index is 12.9. The second-order valence-electron chi connectivity index (χ2n) is 6.20. The topological polar surface area (TPSA) is 70.8 Å². The Kier molecular flexibility index (Phi) is 5.71. The lowest BCUT2D eigenvalue weighted by Gasteiger charge is -2.14. The molecule has 0 unspecified atom stereocenters. The maximum atomic E-state index is 12.9. The molecule has 5 nitrogen and oxygen atoms in total. The van der Waals surface area contributed by atoms with E-state index in [1.807, 2.05) is 0 Å². The Balaban J connectivity index is 1.60. The molecule has 30 heavy (non-hydrogen) atoms. The van der Waals surface area contributed by atoms with Gasteiger partial charge >= 0.3 is 5.97 Å². The number of hydrogen-bond acceptors (Lipinski definition) is 5. The van der Waals surface area contributed by atoms with Crippen molar-refractivity contribution in [3.63, 3.8) is 0 Å². The van der Waals surface area contributed by atoms with E-state index in [2.05, 4.69) is 0 Å². The van der Waals surface area contributed by atoms with Gasteiger partial charge in [0.05, 0.1) is 21.2 Å². The molecule has 1 saturated heterocycles. The van der Waals surface area contributed by atoms with E-state index in [0.29, 0.717) is 42.0 Å². The number of thiocarbonyl (C=S) groups is 1. The van der Waals surface area contributed by atoms with Crippen molar-refractivity contribution in [2.24, 2.45) is 0 Å². The van der Waals surface area contributed by atoms with Gasteiger partial charge in [-0.15, -0.1) is 0 Å². The Morgan fingerprint density at radius 3 is 2.53 bits per heavy atom. The number of carboxylic acid groups (broad SMARTS) is 1. The highest BCUT2D eigenvalue weighted by Gasteiger charge is 2.33. The van der Waals surface area contributed by atoms with Crippen molar-refractivity contribution in [2.45, 2.75) is 0 Å². The van der Waals surface area contributed by atoms with E-state index in [1.165, 1.54) is 17.0 Å². The summed E-state index contributed by atoms with van der Waals surface area (Å²) in [6, 6.07) is 14.5. The Morgan fingerprint density at radius 2 is 1.83 bits per heavy atom. The van der Waals surface area contributed by atoms with Crippen molar-refractivity contribution >= 4 is 75.1 Å². The van der Waals surface area contributed by atoms with Crippen LogP contribution in [0.4, 0.5) is 5.69 Å². The van der Waals surface area contributed by atoms with Gasteiger partial charge in [-0.25, -0.2) is 4.79 Å². The number of rotatable bonds is 4. The van der Waals surface area contributed by atoms with Gasteiger partial charge in [0.15, 0.2) is 4.32 Å². The molecule has 1 aliphatic heterocycles. The van der Waals surface area contributed by atoms with Gasteiger partial charge in [-0.05, 0) is 54.6 Å². The molecule has 0 bridgehead atoms. The predicted octanol–water partition coefficient (Wildman–Crippen LogP) is 6.36. The van der Waals surface area contributed by atoms with Crippen molar-refractivity contribution in [3.8, 4) is 11.3 Å². The number of furan rings is 1. The van der Waals surface area contributed by atoms with Crippen LogP contribution in [0.1, 0.15) is 16.1 Å². The fraction of sp³-hybridized carbons (Fsp3) is 0. The maximum Gasteiger partial charge on any atom is 0.335 e. The number of hydrogen-bond donors (Lipinski definition) is 1. The van der Waals surface area contributed by atoms with Crippen LogP contribution in [0.3, 0.4) is 0 Å². The summed E-state index contributed by atoms with van der Waals surface area (Å²) < 4.78 is 6.17. The van der Waals surface area contributed by atoms with Crippen LogP contribution in [-0.2, 0) is 4.79 Å². The van der Waals surface area contributed by atoms with E-state index in [1.54, 1.807) is 48.5 Å². The van der Waals surface area contributed by atoms with Gasteiger partial charge in [-0.1, -0.05) is 47.2 Å². The van der Waals surface area contributed by atoms with Crippen LogP contribution in [0, 0.1) is 0 Å². The first-order valence-corrected chi connectivity index (χ1v) is 10.5. The zero-order valence-corrected chi connectivity index (χ0v) is 18.1. The molecule has 2 aromatic carbocycles. The van der Waals surface area contributed by atoms with Gasteiger partial charge in [0.25, 0.3) is 5.91 Å². The van der Waals surface area contributed by atoms with Crippen molar-refractivity contribution in [1.82, 2.24) is 0 Å². The number of aromatic carboxylic acids is 1. The van der Waals surface area contributed by atoms with Crippen LogP contribution in [0.5, 0.6) is 0 Å². The van der Waals surface area contributed by atoms with Crippen molar-refractivity contribution in [2.75, 3.05) is 4.90 Å². The minimum atomic E-state index is -1.04. The number of amides is 1. The highest BCUT2D eigenvalue weighted by Crippen LogP contribution is 2.37. The summed E-state index contributed by atoms with van der Waals surface area (Å²) in [5.74, 6) is -0.372. The number of carbonyl (C=O) groups is 2. The average molecular weight is 476 g/mol. The summed E-state index contributed by atoms with van der Waals surface area (Å²) in [5.41, 5.74) is 1.27. The molecule has 1 aliphatic rings. The fourth-order valence-electron chi connectivity index (χ4n) is 2.83. The molecule has 9 heteroatoms.